The maximum absolute atomic E-state index is 5.67. The largest absolute Gasteiger partial charge is 0.275 e. The molecule has 17 heavy (non-hydrogen) atoms. The van der Waals surface area contributed by atoms with Gasteiger partial charge in [0.15, 0.2) is 0 Å². The average Bonchev–Trinajstić information content (AvgIpc) is 2.95. The second-order valence-corrected chi connectivity index (χ2v) is 5.63. The third-order valence-corrected chi connectivity index (χ3v) is 4.55. The fraction of sp³-hybridized carbons (Fsp3) is 0.417. The summed E-state index contributed by atoms with van der Waals surface area (Å²) in [6.45, 7) is 0. The lowest BCUT2D eigenvalue weighted by molar-refractivity contribution is 0.611. The molecule has 0 aliphatic heterocycles. The summed E-state index contributed by atoms with van der Waals surface area (Å²) in [7, 11) is 1.92. The van der Waals surface area contributed by atoms with Gasteiger partial charge >= 0.3 is 0 Å². The molecule has 3 rings (SSSR count). The Bertz CT molecular complexity index is 507. The van der Waals surface area contributed by atoms with E-state index in [1.165, 1.54) is 34.6 Å². The standard InChI is InChI=1S/C12H16N4S/c1-16-6-5-9(15-16)12(14-13)11-7-8-3-2-4-10(8)17-11/h5-7,12,14H,2-4,13H2,1H3. The highest BCUT2D eigenvalue weighted by Crippen LogP contribution is 2.35. The highest BCUT2D eigenvalue weighted by atomic mass is 32.1. The Morgan fingerprint density at radius 3 is 3.06 bits per heavy atom. The second kappa shape index (κ2) is 4.25. The fourth-order valence-electron chi connectivity index (χ4n) is 2.39. The molecule has 1 aliphatic rings. The molecule has 2 aromatic heterocycles. The van der Waals surface area contributed by atoms with Crippen molar-refractivity contribution in [1.82, 2.24) is 15.2 Å². The Morgan fingerprint density at radius 2 is 2.41 bits per heavy atom. The van der Waals surface area contributed by atoms with Gasteiger partial charge in [-0.2, -0.15) is 5.10 Å². The first-order valence-corrected chi connectivity index (χ1v) is 6.66. The van der Waals surface area contributed by atoms with Crippen LogP contribution in [0.2, 0.25) is 0 Å². The summed E-state index contributed by atoms with van der Waals surface area (Å²) in [5, 5.41) is 4.42. The number of thiophene rings is 1. The van der Waals surface area contributed by atoms with Crippen molar-refractivity contribution >= 4 is 11.3 Å². The highest BCUT2D eigenvalue weighted by Gasteiger charge is 2.21. The van der Waals surface area contributed by atoms with Gasteiger partial charge in [0.25, 0.3) is 0 Å². The molecule has 0 radical (unpaired) electrons. The lowest BCUT2D eigenvalue weighted by Gasteiger charge is -2.11. The first-order valence-electron chi connectivity index (χ1n) is 5.85. The number of hydrogen-bond donors (Lipinski definition) is 2. The monoisotopic (exact) mass is 248 g/mol. The van der Waals surface area contributed by atoms with Gasteiger partial charge in [0, 0.05) is 23.0 Å². The Labute approximate surface area is 104 Å². The van der Waals surface area contributed by atoms with Crippen LogP contribution in [0.3, 0.4) is 0 Å². The maximum Gasteiger partial charge on any atom is 0.0991 e. The van der Waals surface area contributed by atoms with E-state index in [4.69, 9.17) is 5.84 Å². The third-order valence-electron chi connectivity index (χ3n) is 3.25. The molecule has 0 bridgehead atoms. The molecule has 90 valence electrons. The lowest BCUT2D eigenvalue weighted by atomic mass is 10.1. The van der Waals surface area contributed by atoms with Crippen LogP contribution < -0.4 is 11.3 Å². The Balaban J connectivity index is 1.94. The predicted molar refractivity (Wildman–Crippen MR) is 68.7 cm³/mol. The van der Waals surface area contributed by atoms with E-state index in [9.17, 15) is 0 Å². The van der Waals surface area contributed by atoms with Crippen LogP contribution in [0.5, 0.6) is 0 Å². The van der Waals surface area contributed by atoms with Gasteiger partial charge in [0.05, 0.1) is 11.7 Å². The molecule has 2 heterocycles. The van der Waals surface area contributed by atoms with E-state index in [0.717, 1.165) is 5.69 Å². The molecule has 4 nitrogen and oxygen atoms in total. The zero-order chi connectivity index (χ0) is 11.8. The van der Waals surface area contributed by atoms with Gasteiger partial charge in [0.1, 0.15) is 0 Å². The van der Waals surface area contributed by atoms with Crippen LogP contribution in [0.15, 0.2) is 18.3 Å². The molecule has 1 aliphatic carbocycles. The van der Waals surface area contributed by atoms with Crippen molar-refractivity contribution in [2.75, 3.05) is 0 Å². The maximum atomic E-state index is 5.67. The number of hydrazine groups is 1. The minimum Gasteiger partial charge on any atom is -0.275 e. The van der Waals surface area contributed by atoms with E-state index in [0.29, 0.717) is 0 Å². The van der Waals surface area contributed by atoms with Crippen molar-refractivity contribution in [2.45, 2.75) is 25.3 Å². The molecule has 0 fully saturated rings. The first-order chi connectivity index (χ1) is 8.28. The number of aromatic nitrogens is 2. The number of aryl methyl sites for hydroxylation is 3. The van der Waals surface area contributed by atoms with E-state index >= 15 is 0 Å². The summed E-state index contributed by atoms with van der Waals surface area (Å²) in [4.78, 5) is 2.80. The summed E-state index contributed by atoms with van der Waals surface area (Å²) in [6.07, 6.45) is 5.68. The van der Waals surface area contributed by atoms with Gasteiger partial charge in [-0.05, 0) is 37.0 Å². The van der Waals surface area contributed by atoms with Gasteiger partial charge in [0.2, 0.25) is 0 Å². The second-order valence-electron chi connectivity index (χ2n) is 4.46. The molecule has 3 N–H and O–H groups in total. The van der Waals surface area contributed by atoms with E-state index in [1.54, 1.807) is 4.68 Å². The fourth-order valence-corrected chi connectivity index (χ4v) is 3.73. The van der Waals surface area contributed by atoms with Crippen molar-refractivity contribution in [3.05, 3.63) is 39.3 Å². The number of nitrogens with one attached hydrogen (secondary N) is 1. The van der Waals surface area contributed by atoms with Crippen LogP contribution in [0, 0.1) is 0 Å². The number of rotatable bonds is 3. The predicted octanol–water partition coefficient (Wildman–Crippen LogP) is 1.52. The van der Waals surface area contributed by atoms with Crippen molar-refractivity contribution in [3.63, 3.8) is 0 Å². The smallest absolute Gasteiger partial charge is 0.0991 e. The first kappa shape index (κ1) is 11.0. The highest BCUT2D eigenvalue weighted by molar-refractivity contribution is 7.12. The van der Waals surface area contributed by atoms with Crippen LogP contribution in [0.4, 0.5) is 0 Å². The lowest BCUT2D eigenvalue weighted by Crippen LogP contribution is -2.28. The molecule has 1 atom stereocenters. The van der Waals surface area contributed by atoms with E-state index in [2.05, 4.69) is 16.6 Å². The molecule has 1 unspecified atom stereocenters. The quantitative estimate of drug-likeness (QED) is 0.639. The third kappa shape index (κ3) is 1.90. The topological polar surface area (TPSA) is 55.9 Å². The van der Waals surface area contributed by atoms with E-state index < -0.39 is 0 Å². The summed E-state index contributed by atoms with van der Waals surface area (Å²) >= 11 is 1.87. The number of fused-ring (bicyclic) bond motifs is 1. The van der Waals surface area contributed by atoms with Crippen LogP contribution in [-0.4, -0.2) is 9.78 Å². The minimum atomic E-state index is 0.0202. The zero-order valence-corrected chi connectivity index (χ0v) is 10.6. The molecule has 5 heteroatoms. The van der Waals surface area contributed by atoms with Gasteiger partial charge in [-0.25, -0.2) is 5.43 Å². The average molecular weight is 248 g/mol. The Morgan fingerprint density at radius 1 is 1.53 bits per heavy atom. The number of nitrogens with zero attached hydrogens (tertiary/aromatic N) is 2. The minimum absolute atomic E-state index is 0.0202. The van der Waals surface area contributed by atoms with Gasteiger partial charge in [-0.1, -0.05) is 0 Å². The molecular weight excluding hydrogens is 232 g/mol. The summed E-state index contributed by atoms with van der Waals surface area (Å²) in [6, 6.07) is 4.31. The van der Waals surface area contributed by atoms with Gasteiger partial charge in [-0.3, -0.25) is 10.5 Å². The van der Waals surface area contributed by atoms with Gasteiger partial charge < -0.3 is 0 Å². The normalized spacial score (nSPS) is 16.1. The van der Waals surface area contributed by atoms with Crippen LogP contribution in [-0.2, 0) is 19.9 Å². The molecule has 2 aromatic rings. The zero-order valence-electron chi connectivity index (χ0n) is 9.81. The van der Waals surface area contributed by atoms with Crippen molar-refractivity contribution in [3.8, 4) is 0 Å². The van der Waals surface area contributed by atoms with Crippen LogP contribution in [0.1, 0.15) is 33.5 Å². The van der Waals surface area contributed by atoms with Crippen molar-refractivity contribution < 1.29 is 0 Å². The van der Waals surface area contributed by atoms with Crippen LogP contribution >= 0.6 is 11.3 Å². The number of hydrogen-bond acceptors (Lipinski definition) is 4. The van der Waals surface area contributed by atoms with E-state index in [-0.39, 0.29) is 6.04 Å². The molecular formula is C12H16N4S. The molecule has 0 aromatic carbocycles. The van der Waals surface area contributed by atoms with E-state index in [1.807, 2.05) is 30.6 Å². The Kier molecular flexibility index (Phi) is 2.74. The summed E-state index contributed by atoms with van der Waals surface area (Å²) < 4.78 is 1.81. The summed E-state index contributed by atoms with van der Waals surface area (Å²) in [5.41, 5.74) is 5.35. The molecule has 0 saturated heterocycles. The number of nitrogens with two attached hydrogens (primary N) is 1. The SMILES string of the molecule is Cn1ccc(C(NN)c2cc3c(s2)CCC3)n1. The summed E-state index contributed by atoms with van der Waals surface area (Å²) in [5.74, 6) is 5.67. The Hall–Kier alpha value is -1.17. The molecule has 0 spiro atoms. The molecule has 0 amide bonds. The van der Waals surface area contributed by atoms with Crippen molar-refractivity contribution in [1.29, 1.82) is 0 Å². The van der Waals surface area contributed by atoms with Crippen molar-refractivity contribution in [2.24, 2.45) is 12.9 Å². The van der Waals surface area contributed by atoms with Crippen LogP contribution in [0.25, 0.3) is 0 Å². The van der Waals surface area contributed by atoms with Gasteiger partial charge in [-0.15, -0.1) is 11.3 Å². The molecule has 0 saturated carbocycles.